The third-order valence-corrected chi connectivity index (χ3v) is 4.41. The predicted molar refractivity (Wildman–Crippen MR) is 85.2 cm³/mol. The van der Waals surface area contributed by atoms with Crippen LogP contribution in [0.25, 0.3) is 11.0 Å². The van der Waals surface area contributed by atoms with Crippen LogP contribution in [0.15, 0.2) is 18.2 Å². The molecule has 134 valence electrons. The van der Waals surface area contributed by atoms with Gasteiger partial charge in [0.05, 0.1) is 11.0 Å². The quantitative estimate of drug-likeness (QED) is 0.886. The molecule has 3 rings (SSSR count). The molecule has 1 aromatic heterocycles. The Balaban J connectivity index is 1.78. The zero-order valence-electron chi connectivity index (χ0n) is 13.7. The number of hydrogen-bond acceptors (Lipinski definition) is 4. The normalized spacial score (nSPS) is 15.2. The van der Waals surface area contributed by atoms with Gasteiger partial charge in [0.1, 0.15) is 6.61 Å². The van der Waals surface area contributed by atoms with Crippen molar-refractivity contribution in [2.75, 3.05) is 32.8 Å². The van der Waals surface area contributed by atoms with Crippen LogP contribution in [0.1, 0.15) is 22.6 Å². The maximum atomic E-state index is 12.9. The number of alkyl halides is 2. The zero-order chi connectivity index (χ0) is 18.1. The number of halogens is 2. The number of aliphatic hydroxyl groups is 1. The smallest absolute Gasteiger partial charge is 0.295 e. The lowest BCUT2D eigenvalue weighted by Gasteiger charge is -2.34. The summed E-state index contributed by atoms with van der Waals surface area (Å²) in [5.41, 5.74) is 1.25. The first-order valence-corrected chi connectivity index (χ1v) is 7.84. The Morgan fingerprint density at radius 2 is 1.84 bits per heavy atom. The van der Waals surface area contributed by atoms with E-state index in [0.717, 1.165) is 0 Å². The highest BCUT2D eigenvalue weighted by Crippen LogP contribution is 2.24. The van der Waals surface area contributed by atoms with Crippen molar-refractivity contribution in [1.82, 2.24) is 19.4 Å². The van der Waals surface area contributed by atoms with Gasteiger partial charge in [-0.15, -0.1) is 0 Å². The summed E-state index contributed by atoms with van der Waals surface area (Å²) in [7, 11) is 1.51. The Morgan fingerprint density at radius 1 is 1.20 bits per heavy atom. The van der Waals surface area contributed by atoms with E-state index < -0.39 is 13.0 Å². The van der Waals surface area contributed by atoms with Crippen LogP contribution in [0.4, 0.5) is 8.78 Å². The molecule has 1 fully saturated rings. The molecule has 1 aliphatic heterocycles. The van der Waals surface area contributed by atoms with Gasteiger partial charge >= 0.3 is 0 Å². The molecule has 25 heavy (non-hydrogen) atoms. The standard InChI is InChI=1S/C16H18F2N4O3/c1-20-12-3-2-10(8-11(12)19-15(20)14(17)18)16(25)22-6-4-21(5-7-22)13(24)9-23/h2-3,8,14,23H,4-7,9H2,1H3. The topological polar surface area (TPSA) is 78.7 Å². The first kappa shape index (κ1) is 17.3. The van der Waals surface area contributed by atoms with E-state index in [1.54, 1.807) is 17.0 Å². The van der Waals surface area contributed by atoms with Crippen LogP contribution in [-0.2, 0) is 11.8 Å². The Bertz CT molecular complexity index is 813. The molecular weight excluding hydrogens is 334 g/mol. The van der Waals surface area contributed by atoms with E-state index in [0.29, 0.717) is 42.8 Å². The molecule has 1 aliphatic rings. The number of carbonyl (C=O) groups excluding carboxylic acids is 2. The number of amides is 2. The Morgan fingerprint density at radius 3 is 2.44 bits per heavy atom. The molecule has 1 aromatic carbocycles. The van der Waals surface area contributed by atoms with Crippen molar-refractivity contribution in [3.63, 3.8) is 0 Å². The van der Waals surface area contributed by atoms with Gasteiger partial charge in [0, 0.05) is 38.8 Å². The summed E-state index contributed by atoms with van der Waals surface area (Å²) in [5, 5.41) is 8.87. The van der Waals surface area contributed by atoms with Crippen molar-refractivity contribution in [1.29, 1.82) is 0 Å². The van der Waals surface area contributed by atoms with Crippen LogP contribution >= 0.6 is 0 Å². The number of carbonyl (C=O) groups is 2. The molecule has 0 saturated carbocycles. The number of aryl methyl sites for hydroxylation is 1. The third kappa shape index (κ3) is 3.19. The molecule has 9 heteroatoms. The maximum absolute atomic E-state index is 12.9. The van der Waals surface area contributed by atoms with Crippen molar-refractivity contribution in [2.24, 2.45) is 7.05 Å². The number of nitrogens with zero attached hydrogens (tertiary/aromatic N) is 4. The lowest BCUT2D eigenvalue weighted by molar-refractivity contribution is -0.135. The monoisotopic (exact) mass is 352 g/mol. The maximum Gasteiger partial charge on any atom is 0.295 e. The highest BCUT2D eigenvalue weighted by Gasteiger charge is 2.25. The molecule has 7 nitrogen and oxygen atoms in total. The van der Waals surface area contributed by atoms with E-state index in [1.807, 2.05) is 0 Å². The Hall–Kier alpha value is -2.55. The van der Waals surface area contributed by atoms with Crippen LogP contribution in [0.2, 0.25) is 0 Å². The second-order valence-corrected chi connectivity index (χ2v) is 5.86. The van der Waals surface area contributed by atoms with Gasteiger partial charge in [-0.1, -0.05) is 0 Å². The van der Waals surface area contributed by atoms with Gasteiger partial charge in [0.2, 0.25) is 5.91 Å². The average Bonchev–Trinajstić information content (AvgIpc) is 2.97. The van der Waals surface area contributed by atoms with E-state index >= 15 is 0 Å². The number of aliphatic hydroxyl groups excluding tert-OH is 1. The van der Waals surface area contributed by atoms with Gasteiger partial charge < -0.3 is 19.5 Å². The van der Waals surface area contributed by atoms with Gasteiger partial charge in [-0.25, -0.2) is 13.8 Å². The summed E-state index contributed by atoms with van der Waals surface area (Å²) in [6.45, 7) is 0.871. The molecule has 0 bridgehead atoms. The minimum absolute atomic E-state index is 0.234. The predicted octanol–water partition coefficient (Wildman–Crippen LogP) is 0.788. The van der Waals surface area contributed by atoms with E-state index in [4.69, 9.17) is 5.11 Å². The molecule has 0 radical (unpaired) electrons. The highest BCUT2D eigenvalue weighted by molar-refractivity contribution is 5.97. The van der Waals surface area contributed by atoms with E-state index in [1.165, 1.54) is 22.6 Å². The van der Waals surface area contributed by atoms with Crippen molar-refractivity contribution < 1.29 is 23.5 Å². The van der Waals surface area contributed by atoms with Crippen LogP contribution in [0.3, 0.4) is 0 Å². The summed E-state index contributed by atoms with van der Waals surface area (Å²) in [4.78, 5) is 31.1. The SMILES string of the molecule is Cn1c(C(F)F)nc2cc(C(=O)N3CCN(C(=O)CO)CC3)ccc21. The van der Waals surface area contributed by atoms with Crippen LogP contribution < -0.4 is 0 Å². The number of imidazole rings is 1. The molecule has 0 spiro atoms. The number of benzene rings is 1. The fourth-order valence-corrected chi connectivity index (χ4v) is 2.99. The lowest BCUT2D eigenvalue weighted by Crippen LogP contribution is -2.51. The molecule has 2 amide bonds. The Labute approximate surface area is 142 Å². The van der Waals surface area contributed by atoms with E-state index in [2.05, 4.69) is 4.98 Å². The van der Waals surface area contributed by atoms with Crippen LogP contribution in [0.5, 0.6) is 0 Å². The number of rotatable bonds is 3. The second-order valence-electron chi connectivity index (χ2n) is 5.86. The summed E-state index contributed by atoms with van der Waals surface area (Å²) < 4.78 is 27.2. The third-order valence-electron chi connectivity index (χ3n) is 4.41. The largest absolute Gasteiger partial charge is 0.387 e. The molecule has 0 aliphatic carbocycles. The average molecular weight is 352 g/mol. The van der Waals surface area contributed by atoms with Crippen LogP contribution in [-0.4, -0.2) is 69.1 Å². The lowest BCUT2D eigenvalue weighted by atomic mass is 10.1. The van der Waals surface area contributed by atoms with Gasteiger partial charge in [0.15, 0.2) is 5.82 Å². The van der Waals surface area contributed by atoms with Gasteiger partial charge in [-0.3, -0.25) is 9.59 Å². The number of piperazine rings is 1. The van der Waals surface area contributed by atoms with Crippen LogP contribution in [0, 0.1) is 0 Å². The minimum Gasteiger partial charge on any atom is -0.387 e. The van der Waals surface area contributed by atoms with Gasteiger partial charge in [0.25, 0.3) is 12.3 Å². The second kappa shape index (κ2) is 6.75. The van der Waals surface area contributed by atoms with Crippen molar-refractivity contribution in [3.05, 3.63) is 29.6 Å². The molecule has 2 heterocycles. The van der Waals surface area contributed by atoms with E-state index in [9.17, 15) is 18.4 Å². The van der Waals surface area contributed by atoms with E-state index in [-0.39, 0.29) is 17.6 Å². The molecule has 1 N–H and O–H groups in total. The molecule has 1 saturated heterocycles. The summed E-state index contributed by atoms with van der Waals surface area (Å²) in [6, 6.07) is 4.70. The summed E-state index contributed by atoms with van der Waals surface area (Å²) in [6.07, 6.45) is -2.69. The summed E-state index contributed by atoms with van der Waals surface area (Å²) >= 11 is 0. The minimum atomic E-state index is -2.69. The van der Waals surface area contributed by atoms with Crippen molar-refractivity contribution in [2.45, 2.75) is 6.43 Å². The fraction of sp³-hybridized carbons (Fsp3) is 0.438. The fourth-order valence-electron chi connectivity index (χ4n) is 2.99. The molecule has 0 atom stereocenters. The van der Waals surface area contributed by atoms with Gasteiger partial charge in [-0.2, -0.15) is 0 Å². The summed E-state index contributed by atoms with van der Waals surface area (Å²) in [5.74, 6) is -0.931. The number of aromatic nitrogens is 2. The first-order chi connectivity index (χ1) is 11.9. The molecular formula is C16H18F2N4O3. The molecule has 0 unspecified atom stereocenters. The van der Waals surface area contributed by atoms with Crippen molar-refractivity contribution >= 4 is 22.8 Å². The highest BCUT2D eigenvalue weighted by atomic mass is 19.3. The molecule has 2 aromatic rings. The van der Waals surface area contributed by atoms with Gasteiger partial charge in [-0.05, 0) is 18.2 Å². The number of fused-ring (bicyclic) bond motifs is 1. The Kier molecular flexibility index (Phi) is 4.67. The van der Waals surface area contributed by atoms with Crippen molar-refractivity contribution in [3.8, 4) is 0 Å². The first-order valence-electron chi connectivity index (χ1n) is 7.84. The number of hydrogen-bond donors (Lipinski definition) is 1. The zero-order valence-corrected chi connectivity index (χ0v) is 13.7.